The van der Waals surface area contributed by atoms with Crippen LogP contribution in [0.5, 0.6) is 0 Å². The smallest absolute Gasteiger partial charge is 0.323 e. The lowest BCUT2D eigenvalue weighted by atomic mass is 10.2. The summed E-state index contributed by atoms with van der Waals surface area (Å²) in [6.45, 7) is 0.0409. The molecule has 108 valence electrons. The van der Waals surface area contributed by atoms with Crippen LogP contribution in [0.25, 0.3) is 0 Å². The van der Waals surface area contributed by atoms with E-state index in [2.05, 4.69) is 0 Å². The van der Waals surface area contributed by atoms with Crippen LogP contribution in [0.4, 0.5) is 9.18 Å². The number of aliphatic carboxylic acids is 1. The molecule has 0 aliphatic heterocycles. The van der Waals surface area contributed by atoms with Gasteiger partial charge in [0, 0.05) is 19.6 Å². The minimum Gasteiger partial charge on any atom is -0.480 e. The molecule has 6 heteroatoms. The van der Waals surface area contributed by atoms with Gasteiger partial charge < -0.3 is 14.9 Å². The van der Waals surface area contributed by atoms with Crippen molar-refractivity contribution >= 4 is 12.0 Å². The van der Waals surface area contributed by atoms with Crippen LogP contribution in [0.1, 0.15) is 18.4 Å². The van der Waals surface area contributed by atoms with Crippen LogP contribution >= 0.6 is 0 Å². The molecule has 0 saturated heterocycles. The molecule has 5 nitrogen and oxygen atoms in total. The first-order chi connectivity index (χ1) is 9.47. The molecule has 1 aromatic rings. The number of hydrogen-bond acceptors (Lipinski definition) is 2. The standard InChI is InChI=1S/C14H17FN2O3/c1-16(8-10-2-4-11(15)5-3-10)14(20)17(9-13(18)19)12-6-7-12/h2-5,12H,6-9H2,1H3,(H,18,19). The Kier molecular flexibility index (Phi) is 4.22. The van der Waals surface area contributed by atoms with Gasteiger partial charge >= 0.3 is 12.0 Å². The van der Waals surface area contributed by atoms with Crippen molar-refractivity contribution < 1.29 is 19.1 Å². The third kappa shape index (κ3) is 3.69. The lowest BCUT2D eigenvalue weighted by molar-refractivity contribution is -0.137. The number of urea groups is 1. The van der Waals surface area contributed by atoms with Crippen molar-refractivity contribution in [1.82, 2.24) is 9.80 Å². The average Bonchev–Trinajstić information content (AvgIpc) is 3.22. The number of carbonyl (C=O) groups excluding carboxylic acids is 1. The first-order valence-corrected chi connectivity index (χ1v) is 6.45. The van der Waals surface area contributed by atoms with Gasteiger partial charge in [0.25, 0.3) is 0 Å². The lowest BCUT2D eigenvalue weighted by Crippen LogP contribution is -2.44. The van der Waals surface area contributed by atoms with Crippen molar-refractivity contribution in [3.8, 4) is 0 Å². The van der Waals surface area contributed by atoms with Crippen LogP contribution in [0, 0.1) is 5.82 Å². The third-order valence-electron chi connectivity index (χ3n) is 3.20. The molecule has 0 bridgehead atoms. The maximum atomic E-state index is 12.8. The highest BCUT2D eigenvalue weighted by atomic mass is 19.1. The first-order valence-electron chi connectivity index (χ1n) is 6.45. The number of amides is 2. The molecule has 0 aromatic heterocycles. The molecule has 1 N–H and O–H groups in total. The summed E-state index contributed by atoms with van der Waals surface area (Å²) >= 11 is 0. The molecule has 1 aliphatic rings. The molecule has 1 fully saturated rings. The van der Waals surface area contributed by atoms with E-state index < -0.39 is 5.97 Å². The second kappa shape index (κ2) is 5.90. The number of halogens is 1. The summed E-state index contributed by atoms with van der Waals surface area (Å²) in [6.07, 6.45) is 1.70. The number of carboxylic acid groups (broad SMARTS) is 1. The molecule has 0 unspecified atom stereocenters. The van der Waals surface area contributed by atoms with Crippen LogP contribution in [0.15, 0.2) is 24.3 Å². The van der Waals surface area contributed by atoms with Gasteiger partial charge in [0.1, 0.15) is 12.4 Å². The molecule has 20 heavy (non-hydrogen) atoms. The summed E-state index contributed by atoms with van der Waals surface area (Å²) in [6, 6.07) is 5.62. The summed E-state index contributed by atoms with van der Waals surface area (Å²) in [5, 5.41) is 8.86. The van der Waals surface area contributed by atoms with E-state index in [1.54, 1.807) is 19.2 Å². The minimum atomic E-state index is -1.01. The Hall–Kier alpha value is -2.11. The van der Waals surface area contributed by atoms with E-state index in [1.165, 1.54) is 21.9 Å². The molecule has 2 amide bonds. The fraction of sp³-hybridized carbons (Fsp3) is 0.429. The second-order valence-electron chi connectivity index (χ2n) is 5.02. The van der Waals surface area contributed by atoms with Crippen molar-refractivity contribution in [3.63, 3.8) is 0 Å². The molecule has 1 aliphatic carbocycles. The Morgan fingerprint density at radius 1 is 1.30 bits per heavy atom. The van der Waals surface area contributed by atoms with Gasteiger partial charge in [0.05, 0.1) is 0 Å². The predicted octanol–water partition coefficient (Wildman–Crippen LogP) is 1.93. The highest BCUT2D eigenvalue weighted by molar-refractivity contribution is 5.80. The highest BCUT2D eigenvalue weighted by Crippen LogP contribution is 2.27. The van der Waals surface area contributed by atoms with E-state index in [9.17, 15) is 14.0 Å². The summed E-state index contributed by atoms with van der Waals surface area (Å²) in [4.78, 5) is 25.9. The van der Waals surface area contributed by atoms with Gasteiger partial charge in [-0.05, 0) is 30.5 Å². The fourth-order valence-corrected chi connectivity index (χ4v) is 2.04. The van der Waals surface area contributed by atoms with E-state index >= 15 is 0 Å². The van der Waals surface area contributed by atoms with Gasteiger partial charge in [-0.2, -0.15) is 0 Å². The van der Waals surface area contributed by atoms with Crippen molar-refractivity contribution in [2.45, 2.75) is 25.4 Å². The van der Waals surface area contributed by atoms with Crippen molar-refractivity contribution in [1.29, 1.82) is 0 Å². The van der Waals surface area contributed by atoms with Gasteiger partial charge in [0.15, 0.2) is 0 Å². The SMILES string of the molecule is CN(Cc1ccc(F)cc1)C(=O)N(CC(=O)O)C1CC1. The number of nitrogens with zero attached hydrogens (tertiary/aromatic N) is 2. The zero-order valence-electron chi connectivity index (χ0n) is 11.3. The molecule has 1 aromatic carbocycles. The Morgan fingerprint density at radius 2 is 1.90 bits per heavy atom. The lowest BCUT2D eigenvalue weighted by Gasteiger charge is -2.27. The zero-order valence-corrected chi connectivity index (χ0v) is 11.3. The van der Waals surface area contributed by atoms with Crippen molar-refractivity contribution in [2.75, 3.05) is 13.6 Å². The number of benzene rings is 1. The van der Waals surface area contributed by atoms with Crippen LogP contribution in [-0.2, 0) is 11.3 Å². The quantitative estimate of drug-likeness (QED) is 0.896. The Balaban J connectivity index is 1.99. The molecular weight excluding hydrogens is 263 g/mol. The van der Waals surface area contributed by atoms with E-state index in [0.717, 1.165) is 18.4 Å². The van der Waals surface area contributed by atoms with Gasteiger partial charge in [-0.15, -0.1) is 0 Å². The fourth-order valence-electron chi connectivity index (χ4n) is 2.04. The van der Waals surface area contributed by atoms with Crippen LogP contribution in [0.2, 0.25) is 0 Å². The van der Waals surface area contributed by atoms with E-state index in [4.69, 9.17) is 5.11 Å². The number of carbonyl (C=O) groups is 2. The molecule has 0 spiro atoms. The number of hydrogen-bond donors (Lipinski definition) is 1. The molecule has 1 saturated carbocycles. The van der Waals surface area contributed by atoms with E-state index in [0.29, 0.717) is 6.54 Å². The maximum absolute atomic E-state index is 12.8. The summed E-state index contributed by atoms with van der Waals surface area (Å²) in [7, 11) is 1.61. The maximum Gasteiger partial charge on any atom is 0.323 e. The normalized spacial score (nSPS) is 13.9. The van der Waals surface area contributed by atoms with Crippen LogP contribution < -0.4 is 0 Å². The first kappa shape index (κ1) is 14.3. The number of carboxylic acids is 1. The Labute approximate surface area is 116 Å². The van der Waals surface area contributed by atoms with Crippen LogP contribution in [0.3, 0.4) is 0 Å². The largest absolute Gasteiger partial charge is 0.480 e. The topological polar surface area (TPSA) is 60.9 Å². The third-order valence-corrected chi connectivity index (χ3v) is 3.20. The van der Waals surface area contributed by atoms with E-state index in [1.807, 2.05) is 0 Å². The molecule has 0 heterocycles. The predicted molar refractivity (Wildman–Crippen MR) is 70.6 cm³/mol. The zero-order chi connectivity index (χ0) is 14.7. The summed E-state index contributed by atoms with van der Waals surface area (Å²) in [5.41, 5.74) is 0.799. The minimum absolute atomic E-state index is 0.0364. The molecular formula is C14H17FN2O3. The summed E-state index contributed by atoms with van der Waals surface area (Å²) in [5.74, 6) is -1.34. The second-order valence-corrected chi connectivity index (χ2v) is 5.02. The molecule has 2 rings (SSSR count). The van der Waals surface area contributed by atoms with E-state index in [-0.39, 0.29) is 24.4 Å². The molecule has 0 atom stereocenters. The van der Waals surface area contributed by atoms with Crippen LogP contribution in [-0.4, -0.2) is 46.5 Å². The number of rotatable bonds is 5. The van der Waals surface area contributed by atoms with Crippen molar-refractivity contribution in [2.24, 2.45) is 0 Å². The highest BCUT2D eigenvalue weighted by Gasteiger charge is 2.35. The molecule has 0 radical (unpaired) electrons. The Morgan fingerprint density at radius 3 is 2.40 bits per heavy atom. The van der Waals surface area contributed by atoms with Gasteiger partial charge in [-0.1, -0.05) is 12.1 Å². The average molecular weight is 280 g/mol. The monoisotopic (exact) mass is 280 g/mol. The van der Waals surface area contributed by atoms with Crippen molar-refractivity contribution in [3.05, 3.63) is 35.6 Å². The van der Waals surface area contributed by atoms with Gasteiger partial charge in [-0.25, -0.2) is 9.18 Å². The van der Waals surface area contributed by atoms with Gasteiger partial charge in [0.2, 0.25) is 0 Å². The van der Waals surface area contributed by atoms with Gasteiger partial charge in [-0.3, -0.25) is 4.79 Å². The summed E-state index contributed by atoms with van der Waals surface area (Å²) < 4.78 is 12.8. The Bertz CT molecular complexity index is 500.